The number of allylic oxidation sites excluding steroid dienone is 2. The molecule has 0 radical (unpaired) electrons. The molecule has 230 valence electrons. The van der Waals surface area contributed by atoms with Gasteiger partial charge in [-0.1, -0.05) is 64.7 Å². The Bertz CT molecular complexity index is 1570. The second-order valence-electron chi connectivity index (χ2n) is 11.7. The molecule has 1 fully saturated rings. The number of hydrogen-bond acceptors (Lipinski definition) is 6. The number of anilines is 3. The van der Waals surface area contributed by atoms with Gasteiger partial charge in [0.2, 0.25) is 11.8 Å². The smallest absolute Gasteiger partial charge is 0.238 e. The van der Waals surface area contributed by atoms with Gasteiger partial charge in [-0.05, 0) is 92.8 Å². The first kappa shape index (κ1) is 31.7. The predicted molar refractivity (Wildman–Crippen MR) is 177 cm³/mol. The van der Waals surface area contributed by atoms with Gasteiger partial charge in [0.05, 0.1) is 30.2 Å². The van der Waals surface area contributed by atoms with Crippen molar-refractivity contribution in [3.05, 3.63) is 99.6 Å². The molecule has 7 nitrogen and oxygen atoms in total. The van der Waals surface area contributed by atoms with Crippen molar-refractivity contribution in [1.82, 2.24) is 0 Å². The van der Waals surface area contributed by atoms with Gasteiger partial charge in [-0.2, -0.15) is 0 Å². The first-order valence-electron chi connectivity index (χ1n) is 15.2. The molecule has 1 aliphatic heterocycles. The number of benzene rings is 3. The van der Waals surface area contributed by atoms with Gasteiger partial charge in [0.1, 0.15) is 5.75 Å². The van der Waals surface area contributed by atoms with Crippen LogP contribution in [-0.4, -0.2) is 39.8 Å². The van der Waals surface area contributed by atoms with Crippen LogP contribution in [0.4, 0.5) is 17.1 Å². The highest BCUT2D eigenvalue weighted by Gasteiger charge is 2.55. The molecule has 2 aliphatic rings. The third kappa shape index (κ3) is 6.67. The number of phenols is 1. The summed E-state index contributed by atoms with van der Waals surface area (Å²) in [5.41, 5.74) is 5.61. The Balaban J connectivity index is 1.35. The van der Waals surface area contributed by atoms with Crippen LogP contribution in [0.25, 0.3) is 6.08 Å². The number of nitrogens with zero attached hydrogens (tertiary/aromatic N) is 1. The van der Waals surface area contributed by atoms with Crippen LogP contribution in [-0.2, 0) is 9.59 Å². The molecule has 3 aromatic carbocycles. The summed E-state index contributed by atoms with van der Waals surface area (Å²) >= 11 is 3.43. The fourth-order valence-electron chi connectivity index (χ4n) is 6.63. The molecule has 0 saturated carbocycles. The van der Waals surface area contributed by atoms with Gasteiger partial charge in [-0.25, -0.2) is 0 Å². The average Bonchev–Trinajstić information content (AvgIpc) is 3.27. The second kappa shape index (κ2) is 13.9. The van der Waals surface area contributed by atoms with E-state index in [1.54, 1.807) is 24.3 Å². The van der Waals surface area contributed by atoms with E-state index in [9.17, 15) is 24.9 Å². The van der Waals surface area contributed by atoms with Crippen LogP contribution < -0.4 is 10.2 Å². The van der Waals surface area contributed by atoms with Crippen LogP contribution in [0.1, 0.15) is 51.5 Å². The van der Waals surface area contributed by atoms with Crippen LogP contribution in [0.2, 0.25) is 0 Å². The number of carbonyl (C=O) groups excluding carboxylic acids is 2. The van der Waals surface area contributed by atoms with Crippen molar-refractivity contribution < 1.29 is 24.9 Å². The number of hydrogen-bond donors (Lipinski definition) is 4. The van der Waals surface area contributed by atoms with Crippen LogP contribution in [0, 0.1) is 17.8 Å². The molecule has 0 aromatic heterocycles. The number of halogens is 1. The third-order valence-corrected chi connectivity index (χ3v) is 9.18. The highest BCUT2D eigenvalue weighted by Crippen LogP contribution is 2.48. The first-order valence-corrected chi connectivity index (χ1v) is 16.0. The van der Waals surface area contributed by atoms with E-state index >= 15 is 0 Å². The number of aromatic hydroxyl groups is 1. The highest BCUT2D eigenvalue weighted by molar-refractivity contribution is 9.10. The maximum absolute atomic E-state index is 13.9. The minimum Gasteiger partial charge on any atom is -0.507 e. The summed E-state index contributed by atoms with van der Waals surface area (Å²) in [6.07, 6.45) is 3.90. The molecule has 1 aliphatic carbocycles. The largest absolute Gasteiger partial charge is 0.507 e. The fraction of sp³-hybridized carbons (Fsp3) is 0.333. The monoisotopic (exact) mass is 658 g/mol. The van der Waals surface area contributed by atoms with E-state index in [0.717, 1.165) is 33.4 Å². The van der Waals surface area contributed by atoms with Crippen molar-refractivity contribution in [2.75, 3.05) is 16.8 Å². The number of aliphatic hydroxyl groups excluding tert-OH is 2. The van der Waals surface area contributed by atoms with E-state index in [4.69, 9.17) is 0 Å². The van der Waals surface area contributed by atoms with Crippen LogP contribution in [0.5, 0.6) is 5.75 Å². The maximum Gasteiger partial charge on any atom is 0.238 e. The maximum atomic E-state index is 13.9. The number of nitrogens with one attached hydrogen (secondary N) is 1. The minimum absolute atomic E-state index is 0.177. The SMILES string of the molecule is CCCC1=C([C@H](O)CC/C(C)=C/c2cc(Br)ccc2O)[C@H](CO)[C@@H]2C(=O)N(c3ccc(Nc4ccccc4)cc3)C(=O)[C@@H]2C1. The normalized spacial score (nSPS) is 21.1. The molecule has 3 aromatic rings. The highest BCUT2D eigenvalue weighted by atomic mass is 79.9. The van der Waals surface area contributed by atoms with Crippen molar-refractivity contribution in [2.45, 2.75) is 52.1 Å². The molecule has 0 spiro atoms. The number of para-hydroxylation sites is 1. The van der Waals surface area contributed by atoms with Gasteiger partial charge in [0.25, 0.3) is 0 Å². The van der Waals surface area contributed by atoms with E-state index in [1.807, 2.05) is 68.5 Å². The average molecular weight is 660 g/mol. The van der Waals surface area contributed by atoms with E-state index in [0.29, 0.717) is 42.5 Å². The first-order chi connectivity index (χ1) is 21.2. The molecular formula is C36H39BrN2O5. The second-order valence-corrected chi connectivity index (χ2v) is 12.6. The topological polar surface area (TPSA) is 110 Å². The van der Waals surface area contributed by atoms with Crippen molar-refractivity contribution in [2.24, 2.45) is 17.8 Å². The third-order valence-electron chi connectivity index (χ3n) is 8.68. The standard InChI is InChI=1S/C36H39BrN2O5/c1-3-7-23-20-29-34(30(21-40)33(23)32(42)16-10-22(2)18-24-19-25(37)11-17-31(24)41)36(44)39(35(29)43)28-14-12-27(13-15-28)38-26-8-5-4-6-9-26/h4-6,8-9,11-15,17-19,29-30,32,34,38,40-42H,3,7,10,16,20-21H2,1-2H3/b22-18+/t29-,30+,32-,34-/m1/s1. The van der Waals surface area contributed by atoms with Crippen molar-refractivity contribution in [1.29, 1.82) is 0 Å². The van der Waals surface area contributed by atoms with Gasteiger partial charge in [-0.15, -0.1) is 0 Å². The summed E-state index contributed by atoms with van der Waals surface area (Å²) < 4.78 is 0.857. The van der Waals surface area contributed by atoms with E-state index < -0.39 is 23.9 Å². The Kier molecular flexibility index (Phi) is 10.0. The number of carbonyl (C=O) groups is 2. The Morgan fingerprint density at radius 2 is 1.75 bits per heavy atom. The predicted octanol–water partition coefficient (Wildman–Crippen LogP) is 7.36. The minimum atomic E-state index is -0.866. The summed E-state index contributed by atoms with van der Waals surface area (Å²) in [5, 5.41) is 35.7. The summed E-state index contributed by atoms with van der Waals surface area (Å²) in [5.74, 6) is -2.34. The van der Waals surface area contributed by atoms with Crippen molar-refractivity contribution in [3.63, 3.8) is 0 Å². The Labute approximate surface area is 267 Å². The number of fused-ring (bicyclic) bond motifs is 1. The van der Waals surface area contributed by atoms with Crippen molar-refractivity contribution in [3.8, 4) is 5.75 Å². The Morgan fingerprint density at radius 1 is 1.05 bits per heavy atom. The number of amides is 2. The van der Waals surface area contributed by atoms with Gasteiger partial charge >= 0.3 is 0 Å². The lowest BCUT2D eigenvalue weighted by Crippen LogP contribution is -2.39. The lowest BCUT2D eigenvalue weighted by Gasteiger charge is -2.36. The van der Waals surface area contributed by atoms with E-state index in [2.05, 4.69) is 21.2 Å². The number of aliphatic hydroxyl groups is 2. The summed E-state index contributed by atoms with van der Waals surface area (Å²) in [6.45, 7) is 3.67. The summed E-state index contributed by atoms with van der Waals surface area (Å²) in [4.78, 5) is 28.9. The molecule has 0 bridgehead atoms. The lowest BCUT2D eigenvalue weighted by molar-refractivity contribution is -0.123. The Morgan fingerprint density at radius 3 is 2.43 bits per heavy atom. The van der Waals surface area contributed by atoms with E-state index in [-0.39, 0.29) is 24.2 Å². The molecule has 0 unspecified atom stereocenters. The molecule has 1 heterocycles. The molecule has 44 heavy (non-hydrogen) atoms. The van der Waals surface area contributed by atoms with Gasteiger partial charge in [0.15, 0.2) is 0 Å². The van der Waals surface area contributed by atoms with Crippen LogP contribution >= 0.6 is 15.9 Å². The fourth-order valence-corrected chi connectivity index (χ4v) is 7.01. The number of imide groups is 1. The molecule has 2 amide bonds. The van der Waals surface area contributed by atoms with Gasteiger partial charge < -0.3 is 20.6 Å². The van der Waals surface area contributed by atoms with E-state index in [1.165, 1.54) is 4.90 Å². The molecule has 8 heteroatoms. The zero-order valence-corrected chi connectivity index (χ0v) is 26.6. The molecule has 5 rings (SSSR count). The number of rotatable bonds is 11. The summed E-state index contributed by atoms with van der Waals surface area (Å²) in [7, 11) is 0. The molecular weight excluding hydrogens is 620 g/mol. The Hall–Kier alpha value is -3.72. The summed E-state index contributed by atoms with van der Waals surface area (Å²) in [6, 6.07) is 22.2. The van der Waals surface area contributed by atoms with Crippen LogP contribution in [0.15, 0.2) is 94.0 Å². The zero-order chi connectivity index (χ0) is 31.4. The van der Waals surface area contributed by atoms with Gasteiger partial charge in [-0.3, -0.25) is 14.5 Å². The molecule has 1 saturated heterocycles. The lowest BCUT2D eigenvalue weighted by atomic mass is 9.67. The molecule has 4 N–H and O–H groups in total. The molecule has 4 atom stereocenters. The quantitative estimate of drug-likeness (QED) is 0.127. The van der Waals surface area contributed by atoms with Crippen LogP contribution in [0.3, 0.4) is 0 Å². The van der Waals surface area contributed by atoms with Gasteiger partial charge in [0, 0.05) is 27.3 Å². The zero-order valence-electron chi connectivity index (χ0n) is 25.0. The number of phenolic OH excluding ortho intramolecular Hbond substituents is 1. The van der Waals surface area contributed by atoms with Crippen molar-refractivity contribution >= 4 is 50.9 Å².